The molecule has 218 valence electrons. The fourth-order valence-electron chi connectivity index (χ4n) is 4.72. The van der Waals surface area contributed by atoms with Gasteiger partial charge in [0.05, 0.1) is 0 Å². The SMILES string of the molecule is CCC(N=[P+]([O-])Oc1ccccc1OC[C@H]1O[C@@H](n2ccc(=O)[nH]c2=O)[C@](C)(F)[C@@H]1O)C(=O)OC1CCCCC1. The molecule has 40 heavy (non-hydrogen) atoms. The van der Waals surface area contributed by atoms with Gasteiger partial charge in [0.25, 0.3) is 5.56 Å². The number of rotatable bonds is 10. The third kappa shape index (κ3) is 6.95. The standard InChI is InChI=1S/C26H33FN3O9P/c1-3-17(23(33)37-16-9-5-4-6-10-16)29-40(35)39-19-12-8-7-11-18(19)36-15-20-22(32)26(2,27)24(38-20)30-14-13-21(31)28-25(30)34/h7-8,11-14,16-17,20,22,24,32H,3-6,9-10,15H2,1-2H3,(H,28,31,34)/t17?,20-,22-,24-,26-/m1/s1. The molecule has 12 nitrogen and oxygen atoms in total. The van der Waals surface area contributed by atoms with Gasteiger partial charge >= 0.3 is 19.8 Å². The molecule has 1 saturated heterocycles. The summed E-state index contributed by atoms with van der Waals surface area (Å²) in [4.78, 5) is 50.8. The molecule has 1 aromatic heterocycles. The Labute approximate surface area is 230 Å². The van der Waals surface area contributed by atoms with Crippen LogP contribution in [-0.2, 0) is 14.3 Å². The van der Waals surface area contributed by atoms with Gasteiger partial charge in [-0.25, -0.2) is 14.0 Å². The number of aliphatic hydroxyl groups excluding tert-OH is 1. The third-order valence-electron chi connectivity index (χ3n) is 6.98. The minimum atomic E-state index is -2.68. The van der Waals surface area contributed by atoms with Crippen molar-refractivity contribution in [3.8, 4) is 11.5 Å². The molecule has 1 saturated carbocycles. The number of aliphatic hydroxyl groups is 1. The lowest BCUT2D eigenvalue weighted by Crippen LogP contribution is -2.43. The maximum atomic E-state index is 15.4. The normalized spacial score (nSPS) is 26.3. The molecule has 2 aromatic rings. The molecule has 2 aliphatic rings. The molecule has 4 rings (SSSR count). The van der Waals surface area contributed by atoms with Crippen LogP contribution in [0.3, 0.4) is 0 Å². The number of alkyl halides is 1. The summed E-state index contributed by atoms with van der Waals surface area (Å²) >= 11 is 0. The van der Waals surface area contributed by atoms with Crippen LogP contribution in [0.5, 0.6) is 11.5 Å². The smallest absolute Gasteiger partial charge is 0.395 e. The first-order valence-electron chi connectivity index (χ1n) is 13.2. The van der Waals surface area contributed by atoms with Gasteiger partial charge in [0, 0.05) is 12.3 Å². The van der Waals surface area contributed by atoms with E-state index in [-0.39, 0.29) is 30.6 Å². The van der Waals surface area contributed by atoms with Gasteiger partial charge in [0.1, 0.15) is 24.9 Å². The fourth-order valence-corrected chi connectivity index (χ4v) is 5.57. The Balaban J connectivity index is 1.41. The van der Waals surface area contributed by atoms with Crippen LogP contribution in [0.15, 0.2) is 50.9 Å². The van der Waals surface area contributed by atoms with Crippen molar-refractivity contribution in [3.63, 3.8) is 0 Å². The van der Waals surface area contributed by atoms with Crippen LogP contribution in [0, 0.1) is 0 Å². The summed E-state index contributed by atoms with van der Waals surface area (Å²) in [7, 11) is -2.68. The number of carbonyl (C=O) groups is 1. The highest BCUT2D eigenvalue weighted by molar-refractivity contribution is 7.34. The Hall–Kier alpha value is -3.12. The van der Waals surface area contributed by atoms with E-state index in [1.807, 2.05) is 4.98 Å². The topological polar surface area (TPSA) is 164 Å². The number of carbonyl (C=O) groups excluding carboxylic acids is 1. The molecule has 0 radical (unpaired) electrons. The summed E-state index contributed by atoms with van der Waals surface area (Å²) in [5, 5.41) is 10.6. The van der Waals surface area contributed by atoms with Crippen LogP contribution < -0.4 is 25.4 Å². The minimum Gasteiger partial charge on any atom is -0.575 e. The zero-order chi connectivity index (χ0) is 28.9. The number of H-pyrrole nitrogens is 1. The molecular formula is C26H33FN3O9P. The molecule has 0 spiro atoms. The third-order valence-corrected chi connectivity index (χ3v) is 7.80. The van der Waals surface area contributed by atoms with E-state index in [0.717, 1.165) is 55.9 Å². The van der Waals surface area contributed by atoms with E-state index in [0.29, 0.717) is 0 Å². The zero-order valence-corrected chi connectivity index (χ0v) is 23.1. The highest BCUT2D eigenvalue weighted by Crippen LogP contribution is 2.41. The summed E-state index contributed by atoms with van der Waals surface area (Å²) < 4.78 is 42.6. The maximum Gasteiger partial charge on any atom is 0.395 e. The Kier molecular flexibility index (Phi) is 9.72. The summed E-state index contributed by atoms with van der Waals surface area (Å²) in [6, 6.07) is 6.31. The minimum absolute atomic E-state index is 0.0479. The van der Waals surface area contributed by atoms with E-state index >= 15 is 4.39 Å². The van der Waals surface area contributed by atoms with Crippen LogP contribution >= 0.6 is 8.17 Å². The maximum absolute atomic E-state index is 15.4. The fraction of sp³-hybridized carbons (Fsp3) is 0.577. The van der Waals surface area contributed by atoms with E-state index < -0.39 is 55.5 Å². The van der Waals surface area contributed by atoms with Crippen molar-refractivity contribution in [2.45, 2.75) is 88.6 Å². The molecule has 6 atom stereocenters. The van der Waals surface area contributed by atoms with E-state index in [4.69, 9.17) is 18.7 Å². The van der Waals surface area contributed by atoms with Crippen LogP contribution in [0.25, 0.3) is 0 Å². The monoisotopic (exact) mass is 581 g/mol. The van der Waals surface area contributed by atoms with Crippen LogP contribution in [0.4, 0.5) is 4.39 Å². The Morgan fingerprint density at radius 2 is 1.98 bits per heavy atom. The second kappa shape index (κ2) is 13.0. The van der Waals surface area contributed by atoms with Gasteiger partial charge in [-0.1, -0.05) is 30.2 Å². The highest BCUT2D eigenvalue weighted by Gasteiger charge is 2.55. The number of nitrogens with zero attached hydrogens (tertiary/aromatic N) is 2. The van der Waals surface area contributed by atoms with Crippen molar-refractivity contribution >= 4 is 14.1 Å². The van der Waals surface area contributed by atoms with E-state index in [9.17, 15) is 24.4 Å². The quantitative estimate of drug-likeness (QED) is 0.317. The summed E-state index contributed by atoms with van der Waals surface area (Å²) in [5.74, 6) is -0.379. The van der Waals surface area contributed by atoms with Crippen molar-refractivity contribution in [2.24, 2.45) is 4.74 Å². The summed E-state index contributed by atoms with van der Waals surface area (Å²) in [5.41, 5.74) is -3.95. The molecule has 2 fully saturated rings. The van der Waals surface area contributed by atoms with Crippen LogP contribution in [0.1, 0.15) is 58.6 Å². The summed E-state index contributed by atoms with van der Waals surface area (Å²) in [6.45, 7) is 2.46. The molecule has 0 amide bonds. The second-order valence-electron chi connectivity index (χ2n) is 9.96. The van der Waals surface area contributed by atoms with Gasteiger partial charge in [0.15, 0.2) is 23.7 Å². The predicted octanol–water partition coefficient (Wildman–Crippen LogP) is 2.49. The average molecular weight is 582 g/mol. The summed E-state index contributed by atoms with van der Waals surface area (Å²) in [6.07, 6.45) is 1.52. The largest absolute Gasteiger partial charge is 0.575 e. The number of halogens is 1. The zero-order valence-electron chi connectivity index (χ0n) is 22.2. The van der Waals surface area contributed by atoms with Gasteiger partial charge in [-0.05, 0) is 51.2 Å². The average Bonchev–Trinajstić information content (AvgIpc) is 3.15. The number of nitrogens with one attached hydrogen (secondary N) is 1. The van der Waals surface area contributed by atoms with Gasteiger partial charge < -0.3 is 24.2 Å². The first kappa shape index (κ1) is 29.9. The number of aromatic amines is 1. The predicted molar refractivity (Wildman–Crippen MR) is 140 cm³/mol. The van der Waals surface area contributed by atoms with Crippen molar-refractivity contribution in [2.75, 3.05) is 6.61 Å². The van der Waals surface area contributed by atoms with E-state index in [1.54, 1.807) is 19.1 Å². The lowest BCUT2D eigenvalue weighted by atomic mass is 9.98. The number of para-hydroxylation sites is 2. The second-order valence-corrected chi connectivity index (χ2v) is 10.9. The van der Waals surface area contributed by atoms with Crippen LogP contribution in [0.2, 0.25) is 0 Å². The van der Waals surface area contributed by atoms with Gasteiger partial charge in [-0.15, -0.1) is 0 Å². The molecule has 1 aliphatic heterocycles. The Morgan fingerprint density at radius 1 is 1.27 bits per heavy atom. The number of hydrogen-bond acceptors (Lipinski definition) is 10. The molecule has 14 heteroatoms. The van der Waals surface area contributed by atoms with Crippen molar-refractivity contribution < 1.29 is 37.9 Å². The molecule has 2 heterocycles. The molecule has 2 unspecified atom stereocenters. The van der Waals surface area contributed by atoms with Gasteiger partial charge in [-0.2, -0.15) is 0 Å². The molecule has 2 N–H and O–H groups in total. The first-order chi connectivity index (χ1) is 19.1. The van der Waals surface area contributed by atoms with Crippen LogP contribution in [-0.4, -0.2) is 57.3 Å². The Morgan fingerprint density at radius 3 is 2.65 bits per heavy atom. The van der Waals surface area contributed by atoms with E-state index in [1.165, 1.54) is 12.1 Å². The number of ether oxygens (including phenoxy) is 3. The number of aromatic nitrogens is 2. The number of esters is 1. The lowest BCUT2D eigenvalue weighted by molar-refractivity contribution is -0.170. The first-order valence-corrected chi connectivity index (χ1v) is 14.4. The van der Waals surface area contributed by atoms with Gasteiger partial charge in [-0.3, -0.25) is 18.9 Å². The van der Waals surface area contributed by atoms with E-state index in [2.05, 4.69) is 4.74 Å². The van der Waals surface area contributed by atoms with Gasteiger partial charge in [0.2, 0.25) is 5.75 Å². The Bertz CT molecular complexity index is 1320. The number of hydrogen-bond donors (Lipinski definition) is 2. The highest BCUT2D eigenvalue weighted by atomic mass is 31.1. The van der Waals surface area contributed by atoms with Crippen molar-refractivity contribution in [1.82, 2.24) is 9.55 Å². The van der Waals surface area contributed by atoms with Crippen molar-refractivity contribution in [3.05, 3.63) is 57.4 Å². The van der Waals surface area contributed by atoms with Crippen molar-refractivity contribution in [1.29, 1.82) is 0 Å². The molecule has 0 bridgehead atoms. The molecule has 1 aromatic carbocycles. The molecule has 1 aliphatic carbocycles. The number of benzene rings is 1. The molecular weight excluding hydrogens is 548 g/mol. The lowest BCUT2D eigenvalue weighted by Gasteiger charge is -2.24.